The van der Waals surface area contributed by atoms with E-state index in [2.05, 4.69) is 170 Å². The van der Waals surface area contributed by atoms with E-state index in [1.54, 1.807) is 5.56 Å². The highest BCUT2D eigenvalue weighted by molar-refractivity contribution is 6.00. The van der Waals surface area contributed by atoms with Crippen molar-refractivity contribution in [3.05, 3.63) is 174 Å². The van der Waals surface area contributed by atoms with Crippen molar-refractivity contribution in [3.8, 4) is 33.4 Å². The molecule has 7 aromatic rings. The number of fused-ring (bicyclic) bond motifs is 6. The van der Waals surface area contributed by atoms with Crippen molar-refractivity contribution >= 4 is 27.8 Å². The summed E-state index contributed by atoms with van der Waals surface area (Å²) in [4.78, 5) is 2.57. The molecule has 0 aliphatic heterocycles. The first kappa shape index (κ1) is 34.8. The molecule has 3 fully saturated rings. The van der Waals surface area contributed by atoms with E-state index < -0.39 is 0 Å². The molecule has 4 aliphatic rings. The molecule has 1 nitrogen and oxygen atoms in total. The molecule has 1 heteroatoms. The van der Waals surface area contributed by atoms with Crippen molar-refractivity contribution in [1.29, 1.82) is 0 Å². The number of hydrogen-bond acceptors (Lipinski definition) is 1. The molecule has 4 aliphatic carbocycles. The molecule has 282 valence electrons. The van der Waals surface area contributed by atoms with Gasteiger partial charge in [-0.3, -0.25) is 0 Å². The summed E-state index contributed by atoms with van der Waals surface area (Å²) in [7, 11) is 0. The quantitative estimate of drug-likeness (QED) is 0.157. The fourth-order valence-electron chi connectivity index (χ4n) is 11.8. The topological polar surface area (TPSA) is 3.24 Å². The molecule has 3 atom stereocenters. The lowest BCUT2D eigenvalue weighted by molar-refractivity contribution is 0.420. The van der Waals surface area contributed by atoms with Gasteiger partial charge in [0.05, 0.1) is 5.69 Å². The van der Waals surface area contributed by atoms with Crippen LogP contribution in [0.15, 0.2) is 152 Å². The van der Waals surface area contributed by atoms with Gasteiger partial charge in [-0.1, -0.05) is 155 Å². The second-order valence-corrected chi connectivity index (χ2v) is 18.3. The molecular weight excluding hydrogens is 687 g/mol. The number of anilines is 3. The first-order valence-electron chi connectivity index (χ1n) is 21.9. The SMILES string of the molecule is CC1(C)c2cc(N(c3ccc(C4CC5CCC4C5)cc3)c3cccc4ccc(C5CCCCC5)cc34)ccc2-c2cccc(-c3ccc(-c4ccccc4)cc3)c21. The molecule has 2 bridgehead atoms. The van der Waals surface area contributed by atoms with Crippen LogP contribution in [0, 0.1) is 11.8 Å². The molecule has 3 unspecified atom stereocenters. The maximum atomic E-state index is 2.57. The molecule has 0 heterocycles. The lowest BCUT2D eigenvalue weighted by Gasteiger charge is -2.30. The standard InChI is InChI=1S/C56H53N/c1-56(2)53-36-47(31-32-49(53)50-17-10-16-48(55(50)56)42-23-21-40(22-24-42)38-11-5-3-6-12-38)57(46-29-27-43(28-30-46)51-34-37-19-20-45(51)33-37)54-18-9-15-41-25-26-44(35-52(41)54)39-13-7-4-8-14-39/h3,5-6,9-12,15-18,21-32,35-37,39,45,51H,4,7-8,13-14,19-20,33-34H2,1-2H3. The highest BCUT2D eigenvalue weighted by atomic mass is 15.1. The van der Waals surface area contributed by atoms with Crippen LogP contribution in [-0.4, -0.2) is 0 Å². The van der Waals surface area contributed by atoms with Gasteiger partial charge >= 0.3 is 0 Å². The third kappa shape index (κ3) is 5.96. The third-order valence-electron chi connectivity index (χ3n) is 14.7. The van der Waals surface area contributed by atoms with Gasteiger partial charge in [-0.15, -0.1) is 0 Å². The first-order chi connectivity index (χ1) is 28.0. The van der Waals surface area contributed by atoms with Crippen molar-refractivity contribution in [2.75, 3.05) is 4.90 Å². The van der Waals surface area contributed by atoms with Gasteiger partial charge in [0.25, 0.3) is 0 Å². The summed E-state index contributed by atoms with van der Waals surface area (Å²) in [5.41, 5.74) is 17.2. The Morgan fingerprint density at radius 1 is 0.509 bits per heavy atom. The second kappa shape index (κ2) is 13.9. The zero-order valence-corrected chi connectivity index (χ0v) is 33.6. The maximum absolute atomic E-state index is 2.57. The number of benzene rings is 7. The summed E-state index contributed by atoms with van der Waals surface area (Å²) >= 11 is 0. The predicted octanol–water partition coefficient (Wildman–Crippen LogP) is 15.9. The van der Waals surface area contributed by atoms with Gasteiger partial charge in [-0.25, -0.2) is 0 Å². The Morgan fingerprint density at radius 3 is 2.00 bits per heavy atom. The Kier molecular flexibility index (Phi) is 8.50. The molecule has 0 N–H and O–H groups in total. The first-order valence-corrected chi connectivity index (χ1v) is 21.9. The van der Waals surface area contributed by atoms with Crippen LogP contribution in [0.4, 0.5) is 17.1 Å². The molecule has 0 aromatic heterocycles. The Hall–Kier alpha value is -5.40. The maximum Gasteiger partial charge on any atom is 0.0540 e. The van der Waals surface area contributed by atoms with Crippen LogP contribution in [0.1, 0.15) is 106 Å². The average molecular weight is 740 g/mol. The van der Waals surface area contributed by atoms with E-state index in [9.17, 15) is 0 Å². The Labute approximate surface area is 339 Å². The Morgan fingerprint density at radius 2 is 1.23 bits per heavy atom. The summed E-state index contributed by atoms with van der Waals surface area (Å²) in [5, 5.41) is 2.66. The van der Waals surface area contributed by atoms with Gasteiger partial charge < -0.3 is 4.90 Å². The third-order valence-corrected chi connectivity index (χ3v) is 14.7. The van der Waals surface area contributed by atoms with Gasteiger partial charge in [0.2, 0.25) is 0 Å². The summed E-state index contributed by atoms with van der Waals surface area (Å²) < 4.78 is 0. The molecule has 11 rings (SSSR count). The molecule has 0 spiro atoms. The van der Waals surface area contributed by atoms with E-state index in [-0.39, 0.29) is 5.41 Å². The monoisotopic (exact) mass is 739 g/mol. The van der Waals surface area contributed by atoms with Crippen LogP contribution >= 0.6 is 0 Å². The Bertz CT molecular complexity index is 2590. The zero-order valence-electron chi connectivity index (χ0n) is 33.6. The van der Waals surface area contributed by atoms with Crippen molar-refractivity contribution in [3.63, 3.8) is 0 Å². The van der Waals surface area contributed by atoms with Crippen LogP contribution in [-0.2, 0) is 5.41 Å². The summed E-state index contributed by atoms with van der Waals surface area (Å²) in [5.74, 6) is 3.21. The van der Waals surface area contributed by atoms with E-state index in [0.29, 0.717) is 5.92 Å². The van der Waals surface area contributed by atoms with Crippen LogP contribution in [0.25, 0.3) is 44.2 Å². The molecule has 57 heavy (non-hydrogen) atoms. The molecule has 0 saturated heterocycles. The normalized spacial score (nSPS) is 20.8. The van der Waals surface area contributed by atoms with Crippen LogP contribution in [0.5, 0.6) is 0 Å². The number of rotatable bonds is 7. The Balaban J connectivity index is 1.02. The smallest absolute Gasteiger partial charge is 0.0540 e. The fourth-order valence-corrected chi connectivity index (χ4v) is 11.8. The van der Waals surface area contributed by atoms with Crippen LogP contribution < -0.4 is 4.90 Å². The largest absolute Gasteiger partial charge is 0.310 e. The highest BCUT2D eigenvalue weighted by Gasteiger charge is 2.41. The molecule has 0 amide bonds. The molecule has 7 aromatic carbocycles. The van der Waals surface area contributed by atoms with Crippen molar-refractivity contribution in [2.45, 2.75) is 88.9 Å². The van der Waals surface area contributed by atoms with Gasteiger partial charge in [-0.05, 0) is 153 Å². The fraction of sp³-hybridized carbons (Fsp3) is 0.286. The minimum absolute atomic E-state index is 0.181. The highest BCUT2D eigenvalue weighted by Crippen LogP contribution is 2.55. The summed E-state index contributed by atoms with van der Waals surface area (Å²) in [6.45, 7) is 4.87. The van der Waals surface area contributed by atoms with Crippen molar-refractivity contribution in [2.24, 2.45) is 11.8 Å². The van der Waals surface area contributed by atoms with E-state index in [1.807, 2.05) is 0 Å². The molecular formula is C56H53N. The molecule has 0 radical (unpaired) electrons. The van der Waals surface area contributed by atoms with Gasteiger partial charge in [0, 0.05) is 22.2 Å². The second-order valence-electron chi connectivity index (χ2n) is 18.3. The molecule has 3 saturated carbocycles. The van der Waals surface area contributed by atoms with Crippen LogP contribution in [0.3, 0.4) is 0 Å². The van der Waals surface area contributed by atoms with E-state index in [0.717, 1.165) is 17.8 Å². The van der Waals surface area contributed by atoms with Crippen LogP contribution in [0.2, 0.25) is 0 Å². The summed E-state index contributed by atoms with van der Waals surface area (Å²) in [6, 6.07) is 58.2. The lowest BCUT2D eigenvalue weighted by atomic mass is 9.78. The number of nitrogens with zero attached hydrogens (tertiary/aromatic N) is 1. The zero-order chi connectivity index (χ0) is 38.1. The minimum Gasteiger partial charge on any atom is -0.310 e. The van der Waals surface area contributed by atoms with E-state index in [1.165, 1.54) is 136 Å². The lowest BCUT2D eigenvalue weighted by Crippen LogP contribution is -2.18. The van der Waals surface area contributed by atoms with E-state index in [4.69, 9.17) is 0 Å². The van der Waals surface area contributed by atoms with Gasteiger partial charge in [0.15, 0.2) is 0 Å². The van der Waals surface area contributed by atoms with Gasteiger partial charge in [-0.2, -0.15) is 0 Å². The van der Waals surface area contributed by atoms with Crippen molar-refractivity contribution < 1.29 is 0 Å². The van der Waals surface area contributed by atoms with Gasteiger partial charge in [0.1, 0.15) is 0 Å². The van der Waals surface area contributed by atoms with Crippen molar-refractivity contribution in [1.82, 2.24) is 0 Å². The van der Waals surface area contributed by atoms with E-state index >= 15 is 0 Å². The average Bonchev–Trinajstić information content (AvgIpc) is 3.97. The number of hydrogen-bond donors (Lipinski definition) is 0. The summed E-state index contributed by atoms with van der Waals surface area (Å²) in [6.07, 6.45) is 12.4. The minimum atomic E-state index is -0.181. The predicted molar refractivity (Wildman–Crippen MR) is 241 cm³/mol.